The molecule has 0 aromatic heterocycles. The number of hydrogen-bond donors (Lipinski definition) is 2. The van der Waals surface area contributed by atoms with Crippen LogP contribution in [0.15, 0.2) is 24.3 Å². The van der Waals surface area contributed by atoms with Crippen molar-refractivity contribution < 1.29 is 27.9 Å². The Labute approximate surface area is 168 Å². The minimum Gasteiger partial charge on any atom is -0.435 e. The van der Waals surface area contributed by atoms with Gasteiger partial charge < -0.3 is 15.4 Å². The summed E-state index contributed by atoms with van der Waals surface area (Å²) in [6, 6.07) is 4.87. The van der Waals surface area contributed by atoms with E-state index in [4.69, 9.17) is 0 Å². The molecule has 0 unspecified atom stereocenters. The van der Waals surface area contributed by atoms with Gasteiger partial charge in [0.05, 0.1) is 6.04 Å². The molecule has 0 aliphatic carbocycles. The zero-order chi connectivity index (χ0) is 21.6. The second-order valence-corrected chi connectivity index (χ2v) is 7.14. The first-order chi connectivity index (χ1) is 13.7. The van der Waals surface area contributed by atoms with Crippen LogP contribution in [0.5, 0.6) is 5.75 Å². The van der Waals surface area contributed by atoms with Gasteiger partial charge in [-0.1, -0.05) is 38.8 Å². The molecule has 2 rings (SSSR count). The maximum atomic E-state index is 12.8. The molecule has 29 heavy (non-hydrogen) atoms. The van der Waals surface area contributed by atoms with Crippen LogP contribution in [0.1, 0.15) is 58.1 Å². The predicted octanol–water partition coefficient (Wildman–Crippen LogP) is 3.36. The molecule has 1 aromatic rings. The summed E-state index contributed by atoms with van der Waals surface area (Å²) in [6.07, 6.45) is 2.50. The molecule has 160 valence electrons. The lowest BCUT2D eigenvalue weighted by Crippen LogP contribution is -2.47. The van der Waals surface area contributed by atoms with Gasteiger partial charge in [-0.05, 0) is 37.5 Å². The third-order valence-electron chi connectivity index (χ3n) is 4.88. The van der Waals surface area contributed by atoms with E-state index in [9.17, 15) is 23.2 Å². The normalized spacial score (nSPS) is 16.7. The SMILES string of the molecule is CCCC1(CCC)NC(=O)N(CC(=O)N[C@H](C)c2ccc(OC(F)F)cc2)C1=O. The van der Waals surface area contributed by atoms with E-state index in [1.165, 1.54) is 12.1 Å². The highest BCUT2D eigenvalue weighted by molar-refractivity contribution is 6.09. The van der Waals surface area contributed by atoms with Gasteiger partial charge in [-0.3, -0.25) is 14.5 Å². The van der Waals surface area contributed by atoms with Gasteiger partial charge in [0.1, 0.15) is 17.8 Å². The molecular formula is C20H27F2N3O4. The van der Waals surface area contributed by atoms with Crippen molar-refractivity contribution in [1.29, 1.82) is 0 Å². The average Bonchev–Trinajstić information content (AvgIpc) is 2.86. The second kappa shape index (κ2) is 9.67. The Kier molecular flexibility index (Phi) is 7.53. The van der Waals surface area contributed by atoms with E-state index < -0.39 is 30.1 Å². The van der Waals surface area contributed by atoms with Crippen molar-refractivity contribution in [3.8, 4) is 5.75 Å². The molecule has 1 aliphatic rings. The molecule has 1 atom stereocenters. The lowest BCUT2D eigenvalue weighted by atomic mass is 9.88. The Hall–Kier alpha value is -2.71. The van der Waals surface area contributed by atoms with E-state index in [0.29, 0.717) is 18.4 Å². The summed E-state index contributed by atoms with van der Waals surface area (Å²) in [5.41, 5.74) is -0.268. The van der Waals surface area contributed by atoms with Crippen molar-refractivity contribution in [3.05, 3.63) is 29.8 Å². The fraction of sp³-hybridized carbons (Fsp3) is 0.550. The van der Waals surface area contributed by atoms with Gasteiger partial charge in [0.15, 0.2) is 0 Å². The van der Waals surface area contributed by atoms with Crippen molar-refractivity contribution >= 4 is 17.8 Å². The van der Waals surface area contributed by atoms with E-state index in [1.54, 1.807) is 19.1 Å². The summed E-state index contributed by atoms with van der Waals surface area (Å²) >= 11 is 0. The molecule has 0 spiro atoms. The largest absolute Gasteiger partial charge is 0.435 e. The summed E-state index contributed by atoms with van der Waals surface area (Å²) in [7, 11) is 0. The van der Waals surface area contributed by atoms with Crippen LogP contribution in [0.3, 0.4) is 0 Å². The molecule has 1 heterocycles. The number of alkyl halides is 2. The van der Waals surface area contributed by atoms with E-state index in [2.05, 4.69) is 15.4 Å². The third kappa shape index (κ3) is 5.42. The summed E-state index contributed by atoms with van der Waals surface area (Å²) < 4.78 is 28.7. The number of hydrogen-bond acceptors (Lipinski definition) is 4. The highest BCUT2D eigenvalue weighted by Crippen LogP contribution is 2.28. The molecule has 0 saturated carbocycles. The second-order valence-electron chi connectivity index (χ2n) is 7.14. The molecule has 0 bridgehead atoms. The highest BCUT2D eigenvalue weighted by atomic mass is 19.3. The van der Waals surface area contributed by atoms with Crippen LogP contribution < -0.4 is 15.4 Å². The van der Waals surface area contributed by atoms with Crippen molar-refractivity contribution in [1.82, 2.24) is 15.5 Å². The average molecular weight is 411 g/mol. The smallest absolute Gasteiger partial charge is 0.387 e. The molecule has 1 fully saturated rings. The molecule has 0 radical (unpaired) electrons. The zero-order valence-electron chi connectivity index (χ0n) is 16.8. The number of carbonyl (C=O) groups excluding carboxylic acids is 3. The fourth-order valence-electron chi connectivity index (χ4n) is 3.59. The maximum absolute atomic E-state index is 12.8. The van der Waals surface area contributed by atoms with Crippen molar-refractivity contribution in [2.75, 3.05) is 6.54 Å². The van der Waals surface area contributed by atoms with Gasteiger partial charge in [0.2, 0.25) is 5.91 Å². The summed E-state index contributed by atoms with van der Waals surface area (Å²) in [5.74, 6) is -0.843. The van der Waals surface area contributed by atoms with Crippen LogP contribution in [-0.4, -0.2) is 41.4 Å². The first-order valence-corrected chi connectivity index (χ1v) is 9.70. The number of amides is 4. The zero-order valence-corrected chi connectivity index (χ0v) is 16.8. The van der Waals surface area contributed by atoms with Gasteiger partial charge in [0, 0.05) is 0 Å². The summed E-state index contributed by atoms with van der Waals surface area (Å²) in [6.45, 7) is 2.30. The number of ether oxygens (including phenoxy) is 1. The van der Waals surface area contributed by atoms with Crippen LogP contribution in [0.4, 0.5) is 13.6 Å². The van der Waals surface area contributed by atoms with Crippen molar-refractivity contribution in [2.24, 2.45) is 0 Å². The first kappa shape index (κ1) is 22.6. The Bertz CT molecular complexity index is 734. The molecule has 1 aromatic carbocycles. The molecule has 4 amide bonds. The Morgan fingerprint density at radius 1 is 1.17 bits per heavy atom. The number of carbonyl (C=O) groups is 3. The molecule has 2 N–H and O–H groups in total. The van der Waals surface area contributed by atoms with Gasteiger partial charge >= 0.3 is 12.6 Å². The molecule has 1 saturated heterocycles. The van der Waals surface area contributed by atoms with E-state index in [0.717, 1.165) is 17.7 Å². The molecule has 9 heteroatoms. The van der Waals surface area contributed by atoms with Gasteiger partial charge in [-0.2, -0.15) is 8.78 Å². The quantitative estimate of drug-likeness (QED) is 0.578. The number of halogens is 2. The van der Waals surface area contributed by atoms with Gasteiger partial charge in [0.25, 0.3) is 5.91 Å². The van der Waals surface area contributed by atoms with Gasteiger partial charge in [-0.15, -0.1) is 0 Å². The standard InChI is InChI=1S/C20H27F2N3O4/c1-4-10-20(11-5-2)17(27)25(19(28)24-20)12-16(26)23-13(3)14-6-8-15(9-7-14)29-18(21)22/h6-9,13,18H,4-5,10-12H2,1-3H3,(H,23,26)(H,24,28)/t13-/m1/s1. The minimum absolute atomic E-state index is 0.0183. The summed E-state index contributed by atoms with van der Waals surface area (Å²) in [4.78, 5) is 38.5. The maximum Gasteiger partial charge on any atom is 0.387 e. The van der Waals surface area contributed by atoms with E-state index in [-0.39, 0.29) is 18.2 Å². The van der Waals surface area contributed by atoms with Crippen LogP contribution in [0.2, 0.25) is 0 Å². The number of rotatable bonds is 10. The number of imide groups is 1. The van der Waals surface area contributed by atoms with E-state index in [1.807, 2.05) is 13.8 Å². The number of benzene rings is 1. The fourth-order valence-corrected chi connectivity index (χ4v) is 3.59. The van der Waals surface area contributed by atoms with Crippen LogP contribution in [-0.2, 0) is 9.59 Å². The van der Waals surface area contributed by atoms with Crippen molar-refractivity contribution in [3.63, 3.8) is 0 Å². The molecule has 7 nitrogen and oxygen atoms in total. The Balaban J connectivity index is 1.99. The lowest BCUT2D eigenvalue weighted by molar-refractivity contribution is -0.135. The summed E-state index contributed by atoms with van der Waals surface area (Å²) in [5, 5.41) is 5.48. The van der Waals surface area contributed by atoms with Crippen LogP contribution in [0, 0.1) is 0 Å². The lowest BCUT2D eigenvalue weighted by Gasteiger charge is -2.25. The topological polar surface area (TPSA) is 87.7 Å². The predicted molar refractivity (Wildman–Crippen MR) is 102 cm³/mol. The number of nitrogens with one attached hydrogen (secondary N) is 2. The highest BCUT2D eigenvalue weighted by Gasteiger charge is 2.50. The monoisotopic (exact) mass is 411 g/mol. The molecule has 1 aliphatic heterocycles. The molecular weight excluding hydrogens is 384 g/mol. The van der Waals surface area contributed by atoms with Crippen LogP contribution >= 0.6 is 0 Å². The minimum atomic E-state index is -2.91. The van der Waals surface area contributed by atoms with E-state index >= 15 is 0 Å². The van der Waals surface area contributed by atoms with Crippen LogP contribution in [0.25, 0.3) is 0 Å². The number of nitrogens with zero attached hydrogens (tertiary/aromatic N) is 1. The third-order valence-corrected chi connectivity index (χ3v) is 4.88. The number of urea groups is 1. The Morgan fingerprint density at radius 3 is 2.28 bits per heavy atom. The van der Waals surface area contributed by atoms with Crippen molar-refractivity contribution in [2.45, 2.75) is 64.6 Å². The Morgan fingerprint density at radius 2 is 1.76 bits per heavy atom. The first-order valence-electron chi connectivity index (χ1n) is 9.70. The van der Waals surface area contributed by atoms with Gasteiger partial charge in [-0.25, -0.2) is 4.79 Å².